The predicted octanol–water partition coefficient (Wildman–Crippen LogP) is 3.34. The van der Waals surface area contributed by atoms with Crippen LogP contribution in [0.15, 0.2) is 29.4 Å². The highest BCUT2D eigenvalue weighted by molar-refractivity contribution is 8.02. The van der Waals surface area contributed by atoms with Crippen LogP contribution >= 0.6 is 11.8 Å². The van der Waals surface area contributed by atoms with Crippen LogP contribution in [0.1, 0.15) is 39.8 Å². The van der Waals surface area contributed by atoms with Gasteiger partial charge in [-0.15, -0.1) is 11.8 Å². The molecule has 2 aromatic rings. The number of aryl methyl sites for hydroxylation is 3. The van der Waals surface area contributed by atoms with Crippen molar-refractivity contribution in [3.8, 4) is 0 Å². The molecule has 0 radical (unpaired) electrons. The van der Waals surface area contributed by atoms with Crippen molar-refractivity contribution in [3.05, 3.63) is 57.4 Å². The third-order valence-corrected chi connectivity index (χ3v) is 5.90. The Morgan fingerprint density at radius 3 is 2.70 bits per heavy atom. The lowest BCUT2D eigenvalue weighted by molar-refractivity contribution is -0.116. The van der Waals surface area contributed by atoms with E-state index < -0.39 is 0 Å². The summed E-state index contributed by atoms with van der Waals surface area (Å²) >= 11 is 1.55. The van der Waals surface area contributed by atoms with Gasteiger partial charge in [-0.2, -0.15) is 5.10 Å². The molecule has 160 valence electrons. The van der Waals surface area contributed by atoms with Crippen LogP contribution in [0.4, 0.5) is 5.69 Å². The zero-order chi connectivity index (χ0) is 21.7. The van der Waals surface area contributed by atoms with Gasteiger partial charge < -0.3 is 15.4 Å². The molecule has 0 aliphatic carbocycles. The molecule has 30 heavy (non-hydrogen) atoms. The zero-order valence-electron chi connectivity index (χ0n) is 17.9. The number of carbonyl (C=O) groups excluding carboxylic acids is 2. The monoisotopic (exact) mass is 428 g/mol. The lowest BCUT2D eigenvalue weighted by Gasteiger charge is -2.15. The maximum Gasteiger partial charge on any atom is 0.291 e. The minimum Gasteiger partial charge on any atom is -0.487 e. The van der Waals surface area contributed by atoms with E-state index in [0.717, 1.165) is 35.7 Å². The molecule has 3 rings (SSSR count). The van der Waals surface area contributed by atoms with E-state index in [4.69, 9.17) is 4.74 Å². The highest BCUT2D eigenvalue weighted by Gasteiger charge is 2.17. The number of hydrogen-bond acceptors (Lipinski definition) is 5. The van der Waals surface area contributed by atoms with Gasteiger partial charge in [0.1, 0.15) is 0 Å². The summed E-state index contributed by atoms with van der Waals surface area (Å²) in [4.78, 5) is 25.0. The van der Waals surface area contributed by atoms with Crippen LogP contribution < -0.4 is 10.6 Å². The van der Waals surface area contributed by atoms with Gasteiger partial charge in [-0.1, -0.05) is 6.07 Å². The van der Waals surface area contributed by atoms with Crippen LogP contribution in [-0.2, 0) is 22.5 Å². The topological polar surface area (TPSA) is 85.3 Å². The van der Waals surface area contributed by atoms with Crippen LogP contribution in [-0.4, -0.2) is 40.5 Å². The molecule has 8 heteroatoms. The number of nitrogens with one attached hydrogen (secondary N) is 2. The number of aromatic nitrogens is 2. The number of rotatable bonds is 7. The van der Waals surface area contributed by atoms with Gasteiger partial charge in [0.2, 0.25) is 0 Å². The first-order valence-corrected chi connectivity index (χ1v) is 11.1. The molecule has 7 nitrogen and oxygen atoms in total. The van der Waals surface area contributed by atoms with Crippen molar-refractivity contribution in [2.24, 2.45) is 0 Å². The highest BCUT2D eigenvalue weighted by Crippen LogP contribution is 2.21. The molecule has 0 saturated carbocycles. The summed E-state index contributed by atoms with van der Waals surface area (Å²) in [7, 11) is 0. The SMILES string of the molecule is CCn1nc(C)c(CCNC(=O)c2ccc(C)c(NC(=O)C3=CSCCO3)c2)c1C. The average Bonchev–Trinajstić information content (AvgIpc) is 3.03. The number of ether oxygens (including phenoxy) is 1. The van der Waals surface area contributed by atoms with E-state index in [-0.39, 0.29) is 11.8 Å². The van der Waals surface area contributed by atoms with Crippen LogP contribution in [0.25, 0.3) is 0 Å². The van der Waals surface area contributed by atoms with Gasteiger partial charge in [-0.05, 0) is 57.4 Å². The van der Waals surface area contributed by atoms with Gasteiger partial charge >= 0.3 is 0 Å². The first kappa shape index (κ1) is 22.0. The summed E-state index contributed by atoms with van der Waals surface area (Å²) in [6.07, 6.45) is 0.724. The minimum atomic E-state index is -0.304. The standard InChI is InChI=1S/C22H28N4O3S/c1-5-26-16(4)18(15(3)25-26)8-9-23-21(27)17-7-6-14(2)19(12-17)24-22(28)20-13-30-11-10-29-20/h6-7,12-13H,5,8-11H2,1-4H3,(H,23,27)(H,24,28). The van der Waals surface area contributed by atoms with E-state index in [1.54, 1.807) is 29.3 Å². The molecule has 0 bridgehead atoms. The van der Waals surface area contributed by atoms with Crippen molar-refractivity contribution in [1.29, 1.82) is 0 Å². The summed E-state index contributed by atoms with van der Waals surface area (Å²) in [5, 5.41) is 12.0. The summed E-state index contributed by atoms with van der Waals surface area (Å²) in [6.45, 7) is 9.87. The molecular formula is C22H28N4O3S. The lowest BCUT2D eigenvalue weighted by atomic mass is 10.1. The quantitative estimate of drug-likeness (QED) is 0.707. The molecule has 0 saturated heterocycles. The molecule has 1 aliphatic heterocycles. The molecule has 1 aromatic carbocycles. The van der Waals surface area contributed by atoms with E-state index in [9.17, 15) is 9.59 Å². The van der Waals surface area contributed by atoms with E-state index in [1.165, 1.54) is 5.56 Å². The molecule has 0 unspecified atom stereocenters. The van der Waals surface area contributed by atoms with Crippen LogP contribution in [0, 0.1) is 20.8 Å². The molecule has 0 spiro atoms. The summed E-state index contributed by atoms with van der Waals surface area (Å²) in [6, 6.07) is 5.29. The molecule has 0 atom stereocenters. The molecule has 1 aromatic heterocycles. The number of carbonyl (C=O) groups is 2. The fourth-order valence-electron chi connectivity index (χ4n) is 3.38. The maximum atomic E-state index is 12.6. The van der Waals surface area contributed by atoms with Gasteiger partial charge in [0.15, 0.2) is 5.76 Å². The smallest absolute Gasteiger partial charge is 0.291 e. The Bertz CT molecular complexity index is 981. The summed E-state index contributed by atoms with van der Waals surface area (Å²) < 4.78 is 7.37. The Morgan fingerprint density at radius 1 is 1.23 bits per heavy atom. The van der Waals surface area contributed by atoms with Crippen molar-refractivity contribution in [2.75, 3.05) is 24.2 Å². The van der Waals surface area contributed by atoms with Gasteiger partial charge in [0, 0.05) is 41.2 Å². The minimum absolute atomic E-state index is 0.174. The van der Waals surface area contributed by atoms with Gasteiger partial charge in [0.25, 0.3) is 11.8 Å². The molecular weight excluding hydrogens is 400 g/mol. The second-order valence-corrected chi connectivity index (χ2v) is 8.13. The number of anilines is 1. The van der Waals surface area contributed by atoms with Gasteiger partial charge in [0.05, 0.1) is 12.3 Å². The summed E-state index contributed by atoms with van der Waals surface area (Å²) in [5.41, 5.74) is 5.29. The van der Waals surface area contributed by atoms with E-state index >= 15 is 0 Å². The Labute approximate surface area is 181 Å². The molecule has 2 amide bonds. The molecule has 2 heterocycles. The number of benzene rings is 1. The molecule has 2 N–H and O–H groups in total. The fourth-order valence-corrected chi connectivity index (χ4v) is 4.00. The highest BCUT2D eigenvalue weighted by atomic mass is 32.2. The molecule has 0 fully saturated rings. The van der Waals surface area contributed by atoms with Crippen molar-refractivity contribution < 1.29 is 14.3 Å². The Hall–Kier alpha value is -2.74. The maximum absolute atomic E-state index is 12.6. The summed E-state index contributed by atoms with van der Waals surface area (Å²) in [5.74, 6) is 0.664. The van der Waals surface area contributed by atoms with Gasteiger partial charge in [-0.25, -0.2) is 0 Å². The first-order chi connectivity index (χ1) is 14.4. The van der Waals surface area contributed by atoms with Crippen LogP contribution in [0.3, 0.4) is 0 Å². The van der Waals surface area contributed by atoms with E-state index in [2.05, 4.69) is 29.6 Å². The van der Waals surface area contributed by atoms with Crippen molar-refractivity contribution in [2.45, 2.75) is 40.7 Å². The van der Waals surface area contributed by atoms with Crippen LogP contribution in [0.5, 0.6) is 0 Å². The Kier molecular flexibility index (Phi) is 7.20. The Morgan fingerprint density at radius 2 is 2.03 bits per heavy atom. The van der Waals surface area contributed by atoms with E-state index in [0.29, 0.717) is 30.2 Å². The Balaban J connectivity index is 1.62. The van der Waals surface area contributed by atoms with Crippen LogP contribution in [0.2, 0.25) is 0 Å². The van der Waals surface area contributed by atoms with Crippen molar-refractivity contribution >= 4 is 29.3 Å². The molecule has 1 aliphatic rings. The first-order valence-electron chi connectivity index (χ1n) is 10.1. The second kappa shape index (κ2) is 9.84. The van der Waals surface area contributed by atoms with Crippen molar-refractivity contribution in [3.63, 3.8) is 0 Å². The number of nitrogens with zero attached hydrogens (tertiary/aromatic N) is 2. The average molecular weight is 429 g/mol. The van der Waals surface area contributed by atoms with E-state index in [1.807, 2.05) is 24.6 Å². The number of thioether (sulfide) groups is 1. The largest absolute Gasteiger partial charge is 0.487 e. The lowest BCUT2D eigenvalue weighted by Crippen LogP contribution is -2.26. The van der Waals surface area contributed by atoms with Gasteiger partial charge in [-0.3, -0.25) is 14.3 Å². The van der Waals surface area contributed by atoms with Crippen molar-refractivity contribution in [1.82, 2.24) is 15.1 Å². The third-order valence-electron chi connectivity index (χ3n) is 5.11. The number of amides is 2. The predicted molar refractivity (Wildman–Crippen MR) is 120 cm³/mol. The third kappa shape index (κ3) is 5.05. The number of hydrogen-bond donors (Lipinski definition) is 2. The fraction of sp³-hybridized carbons (Fsp3) is 0.409. The zero-order valence-corrected chi connectivity index (χ0v) is 18.7. The normalized spacial score (nSPS) is 13.4. The second-order valence-electron chi connectivity index (χ2n) is 7.16.